The topological polar surface area (TPSA) is 26.0 Å². The lowest BCUT2D eigenvalue weighted by molar-refractivity contribution is -0.144. The fourth-order valence-electron chi connectivity index (χ4n) is 1.44. The first-order chi connectivity index (χ1) is 7.26. The highest BCUT2D eigenvalue weighted by Gasteiger charge is 2.47. The summed E-state index contributed by atoms with van der Waals surface area (Å²) in [4.78, 5) is 0. The third-order valence-corrected chi connectivity index (χ3v) is 2.48. The van der Waals surface area contributed by atoms with Gasteiger partial charge in [0, 0.05) is 0 Å². The van der Waals surface area contributed by atoms with Crippen molar-refractivity contribution in [2.45, 2.75) is 32.2 Å². The van der Waals surface area contributed by atoms with E-state index in [-0.39, 0.29) is 5.56 Å². The van der Waals surface area contributed by atoms with E-state index in [1.807, 2.05) is 0 Å². The fourth-order valence-corrected chi connectivity index (χ4v) is 1.44. The molecule has 1 aromatic carbocycles. The average molecular weight is 235 g/mol. The molecule has 0 spiro atoms. The van der Waals surface area contributed by atoms with Crippen molar-refractivity contribution in [3.05, 3.63) is 34.9 Å². The first kappa shape index (κ1) is 13.0. The summed E-state index contributed by atoms with van der Waals surface area (Å²) in [7, 11) is 0. The number of hydrogen-bond acceptors (Lipinski definition) is 1. The summed E-state index contributed by atoms with van der Waals surface area (Å²) in [5.41, 5.74) is 6.47. The Hall–Kier alpha value is -1.10. The van der Waals surface area contributed by atoms with Crippen molar-refractivity contribution in [1.82, 2.24) is 0 Å². The maximum Gasteiger partial charge on any atom is 0.326 e. The summed E-state index contributed by atoms with van der Waals surface area (Å²) in [5.74, 6) is -4.21. The summed E-state index contributed by atoms with van der Waals surface area (Å²) in [6.45, 7) is 3.26. The van der Waals surface area contributed by atoms with Gasteiger partial charge in [0.25, 0.3) is 0 Å². The minimum absolute atomic E-state index is 0.0605. The Morgan fingerprint density at radius 3 is 2.25 bits per heavy atom. The minimum atomic E-state index is -4.21. The summed E-state index contributed by atoms with van der Waals surface area (Å²) in [6, 6.07) is 2.74. The van der Waals surface area contributed by atoms with E-state index in [1.165, 1.54) is 6.07 Å². The van der Waals surface area contributed by atoms with Gasteiger partial charge < -0.3 is 5.73 Å². The zero-order valence-corrected chi connectivity index (χ0v) is 8.98. The molecule has 0 aliphatic heterocycles. The van der Waals surface area contributed by atoms with Crippen LogP contribution in [0.25, 0.3) is 0 Å². The van der Waals surface area contributed by atoms with Crippen molar-refractivity contribution in [2.24, 2.45) is 5.73 Å². The molecule has 0 aliphatic rings. The Kier molecular flexibility index (Phi) is 3.57. The van der Waals surface area contributed by atoms with E-state index in [1.54, 1.807) is 26.0 Å². The van der Waals surface area contributed by atoms with Gasteiger partial charge in [0.05, 0.1) is 0 Å². The van der Waals surface area contributed by atoms with E-state index < -0.39 is 18.4 Å². The molecule has 0 heterocycles. The Morgan fingerprint density at radius 2 is 1.75 bits per heavy atom. The number of alkyl halides is 4. The number of rotatable bonds is 3. The van der Waals surface area contributed by atoms with E-state index in [0.29, 0.717) is 11.1 Å². The average Bonchev–Trinajstić information content (AvgIpc) is 2.20. The number of halogens is 4. The highest BCUT2D eigenvalue weighted by molar-refractivity contribution is 5.34. The van der Waals surface area contributed by atoms with E-state index >= 15 is 0 Å². The van der Waals surface area contributed by atoms with Crippen LogP contribution in [0.4, 0.5) is 17.6 Å². The van der Waals surface area contributed by atoms with Crippen molar-refractivity contribution in [2.75, 3.05) is 0 Å². The van der Waals surface area contributed by atoms with Crippen molar-refractivity contribution in [3.63, 3.8) is 0 Å². The molecule has 0 fully saturated rings. The van der Waals surface area contributed by atoms with Crippen LogP contribution in [0.15, 0.2) is 18.2 Å². The second-order valence-corrected chi connectivity index (χ2v) is 3.81. The van der Waals surface area contributed by atoms with Crippen LogP contribution in [-0.2, 0) is 0 Å². The number of nitrogens with two attached hydrogens (primary N) is 1. The van der Waals surface area contributed by atoms with Gasteiger partial charge in [0.1, 0.15) is 6.04 Å². The van der Waals surface area contributed by atoms with Crippen LogP contribution in [0, 0.1) is 13.8 Å². The Balaban J connectivity index is 3.14. The normalized spacial score (nSPS) is 14.2. The first-order valence-corrected chi connectivity index (χ1v) is 4.75. The zero-order valence-electron chi connectivity index (χ0n) is 8.98. The molecular weight excluding hydrogens is 222 g/mol. The summed E-state index contributed by atoms with van der Waals surface area (Å²) >= 11 is 0. The lowest BCUT2D eigenvalue weighted by Gasteiger charge is -2.24. The molecule has 0 aliphatic carbocycles. The van der Waals surface area contributed by atoms with Crippen molar-refractivity contribution in [1.29, 1.82) is 0 Å². The molecule has 1 nitrogen and oxygen atoms in total. The number of hydrogen-bond donors (Lipinski definition) is 1. The minimum Gasteiger partial charge on any atom is -0.319 e. The van der Waals surface area contributed by atoms with Gasteiger partial charge in [-0.3, -0.25) is 0 Å². The Bertz CT molecular complexity index is 376. The van der Waals surface area contributed by atoms with Crippen molar-refractivity contribution < 1.29 is 17.6 Å². The van der Waals surface area contributed by atoms with E-state index in [4.69, 9.17) is 5.73 Å². The van der Waals surface area contributed by atoms with Gasteiger partial charge in [0.15, 0.2) is 0 Å². The van der Waals surface area contributed by atoms with Crippen molar-refractivity contribution in [3.8, 4) is 0 Å². The predicted octanol–water partition coefficient (Wildman–Crippen LogP) is 3.20. The Labute approximate surface area is 91.3 Å². The van der Waals surface area contributed by atoms with Crippen LogP contribution in [-0.4, -0.2) is 12.3 Å². The van der Waals surface area contributed by atoms with Crippen LogP contribution in [0.3, 0.4) is 0 Å². The molecule has 1 unspecified atom stereocenters. The van der Waals surface area contributed by atoms with E-state index in [0.717, 1.165) is 0 Å². The summed E-state index contributed by atoms with van der Waals surface area (Å²) < 4.78 is 50.4. The fraction of sp³-hybridized carbons (Fsp3) is 0.455. The lowest BCUT2D eigenvalue weighted by atomic mass is 9.95. The van der Waals surface area contributed by atoms with Crippen LogP contribution in [0.2, 0.25) is 0 Å². The molecule has 0 saturated carbocycles. The molecule has 16 heavy (non-hydrogen) atoms. The van der Waals surface area contributed by atoms with Gasteiger partial charge in [-0.05, 0) is 25.0 Å². The third-order valence-electron chi connectivity index (χ3n) is 2.48. The second-order valence-electron chi connectivity index (χ2n) is 3.81. The second kappa shape index (κ2) is 4.41. The van der Waals surface area contributed by atoms with Crippen LogP contribution < -0.4 is 5.73 Å². The van der Waals surface area contributed by atoms with Gasteiger partial charge in [-0.2, -0.15) is 8.78 Å². The Morgan fingerprint density at radius 1 is 1.19 bits per heavy atom. The van der Waals surface area contributed by atoms with Gasteiger partial charge in [-0.1, -0.05) is 23.8 Å². The van der Waals surface area contributed by atoms with Crippen LogP contribution in [0.5, 0.6) is 0 Å². The lowest BCUT2D eigenvalue weighted by Crippen LogP contribution is -2.39. The number of aryl methyl sites for hydroxylation is 2. The zero-order chi connectivity index (χ0) is 12.5. The first-order valence-electron chi connectivity index (χ1n) is 4.75. The monoisotopic (exact) mass is 235 g/mol. The molecule has 1 atom stereocenters. The smallest absolute Gasteiger partial charge is 0.319 e. The molecule has 1 rings (SSSR count). The molecule has 0 aromatic heterocycles. The third kappa shape index (κ3) is 2.35. The predicted molar refractivity (Wildman–Crippen MR) is 53.8 cm³/mol. The van der Waals surface area contributed by atoms with Gasteiger partial charge in [-0.25, -0.2) is 8.78 Å². The standard InChI is InChI=1S/C11H13F4N/c1-6-3-4-7(2)8(5-6)9(16)11(14,15)10(12)13/h3-5,9-10H,16H2,1-2H3. The summed E-state index contributed by atoms with van der Waals surface area (Å²) in [6.07, 6.45) is -3.76. The molecule has 90 valence electrons. The highest BCUT2D eigenvalue weighted by atomic mass is 19.3. The molecule has 0 amide bonds. The molecule has 2 N–H and O–H groups in total. The maximum absolute atomic E-state index is 13.1. The van der Waals surface area contributed by atoms with Crippen LogP contribution >= 0.6 is 0 Å². The van der Waals surface area contributed by atoms with Crippen molar-refractivity contribution >= 4 is 0 Å². The van der Waals surface area contributed by atoms with Gasteiger partial charge >= 0.3 is 12.3 Å². The molecule has 0 saturated heterocycles. The van der Waals surface area contributed by atoms with Gasteiger partial charge in [0.2, 0.25) is 0 Å². The quantitative estimate of drug-likeness (QED) is 0.800. The molecule has 1 aromatic rings. The maximum atomic E-state index is 13.1. The van der Waals surface area contributed by atoms with Gasteiger partial charge in [-0.15, -0.1) is 0 Å². The molecule has 5 heteroatoms. The highest BCUT2D eigenvalue weighted by Crippen LogP contribution is 2.36. The van der Waals surface area contributed by atoms with E-state index in [2.05, 4.69) is 0 Å². The van der Waals surface area contributed by atoms with E-state index in [9.17, 15) is 17.6 Å². The molecular formula is C11H13F4N. The molecule has 0 radical (unpaired) electrons. The summed E-state index contributed by atoms with van der Waals surface area (Å²) in [5, 5.41) is 0. The number of benzene rings is 1. The largest absolute Gasteiger partial charge is 0.326 e. The van der Waals surface area contributed by atoms with Crippen LogP contribution in [0.1, 0.15) is 22.7 Å². The SMILES string of the molecule is Cc1ccc(C)c(C(N)C(F)(F)C(F)F)c1. The molecule has 0 bridgehead atoms.